The predicted octanol–water partition coefficient (Wildman–Crippen LogP) is 3.56. The number of halogens is 2. The first kappa shape index (κ1) is 15.9. The van der Waals surface area contributed by atoms with Gasteiger partial charge in [-0.25, -0.2) is 14.4 Å². The number of rotatable bonds is 4. The Bertz CT molecular complexity index is 899. The van der Waals surface area contributed by atoms with Gasteiger partial charge in [0.1, 0.15) is 17.3 Å². The SMILES string of the molecule is Cc1cc(NC(=O)c2ccnc(Nc3ccc(F)c(Cl)c3)n2)no1. The number of carbonyl (C=O) groups is 1. The van der Waals surface area contributed by atoms with Gasteiger partial charge in [-0.2, -0.15) is 0 Å². The first-order valence-electron chi connectivity index (χ1n) is 6.81. The second kappa shape index (κ2) is 6.63. The van der Waals surface area contributed by atoms with E-state index >= 15 is 0 Å². The van der Waals surface area contributed by atoms with E-state index in [9.17, 15) is 9.18 Å². The van der Waals surface area contributed by atoms with Crippen molar-refractivity contribution in [1.82, 2.24) is 15.1 Å². The lowest BCUT2D eigenvalue weighted by Crippen LogP contribution is -2.15. The van der Waals surface area contributed by atoms with Gasteiger partial charge in [-0.3, -0.25) is 4.79 Å². The van der Waals surface area contributed by atoms with Gasteiger partial charge in [0.05, 0.1) is 5.02 Å². The van der Waals surface area contributed by atoms with E-state index in [2.05, 4.69) is 25.8 Å². The second-order valence-electron chi connectivity index (χ2n) is 4.80. The number of nitrogens with one attached hydrogen (secondary N) is 2. The number of benzene rings is 1. The average Bonchev–Trinajstić information content (AvgIpc) is 2.96. The van der Waals surface area contributed by atoms with Gasteiger partial charge in [0, 0.05) is 18.0 Å². The maximum absolute atomic E-state index is 13.2. The predicted molar refractivity (Wildman–Crippen MR) is 85.9 cm³/mol. The lowest BCUT2D eigenvalue weighted by molar-refractivity contribution is 0.102. The molecule has 1 aromatic carbocycles. The number of amides is 1. The summed E-state index contributed by atoms with van der Waals surface area (Å²) in [5.41, 5.74) is 0.618. The molecule has 7 nitrogen and oxygen atoms in total. The third kappa shape index (κ3) is 3.66. The maximum Gasteiger partial charge on any atom is 0.275 e. The number of anilines is 3. The first-order valence-corrected chi connectivity index (χ1v) is 7.19. The number of hydrogen-bond acceptors (Lipinski definition) is 6. The molecule has 0 radical (unpaired) electrons. The highest BCUT2D eigenvalue weighted by molar-refractivity contribution is 6.31. The molecule has 0 saturated heterocycles. The van der Waals surface area contributed by atoms with Gasteiger partial charge in [0.2, 0.25) is 5.95 Å². The molecule has 2 aromatic heterocycles. The monoisotopic (exact) mass is 347 g/mol. The lowest BCUT2D eigenvalue weighted by atomic mass is 10.3. The zero-order chi connectivity index (χ0) is 17.1. The molecule has 0 fully saturated rings. The zero-order valence-electron chi connectivity index (χ0n) is 12.4. The quantitative estimate of drug-likeness (QED) is 0.749. The maximum atomic E-state index is 13.2. The number of carbonyl (C=O) groups excluding carboxylic acids is 1. The van der Waals surface area contributed by atoms with Crippen LogP contribution in [0.15, 0.2) is 41.1 Å². The summed E-state index contributed by atoms with van der Waals surface area (Å²) in [5, 5.41) is 9.04. The first-order chi connectivity index (χ1) is 11.5. The van der Waals surface area contributed by atoms with Crippen LogP contribution in [-0.2, 0) is 0 Å². The molecule has 9 heteroatoms. The largest absolute Gasteiger partial charge is 0.360 e. The minimum absolute atomic E-state index is 0.0321. The standard InChI is InChI=1S/C15H11ClFN5O2/c1-8-6-13(22-24-8)21-14(23)12-4-5-18-15(20-12)19-9-2-3-11(17)10(16)7-9/h2-7H,1H3,(H,18,19,20)(H,21,22,23). The summed E-state index contributed by atoms with van der Waals surface area (Å²) in [6, 6.07) is 7.12. The van der Waals surface area contributed by atoms with Crippen LogP contribution in [0.1, 0.15) is 16.2 Å². The van der Waals surface area contributed by atoms with Crippen LogP contribution in [0.2, 0.25) is 5.02 Å². The van der Waals surface area contributed by atoms with Gasteiger partial charge in [0.15, 0.2) is 5.82 Å². The van der Waals surface area contributed by atoms with E-state index in [4.69, 9.17) is 16.1 Å². The Morgan fingerprint density at radius 1 is 1.29 bits per heavy atom. The molecule has 0 bridgehead atoms. The third-order valence-corrected chi connectivity index (χ3v) is 3.22. The van der Waals surface area contributed by atoms with Crippen molar-refractivity contribution in [3.8, 4) is 0 Å². The highest BCUT2D eigenvalue weighted by Gasteiger charge is 2.12. The van der Waals surface area contributed by atoms with Crippen molar-refractivity contribution in [2.75, 3.05) is 10.6 Å². The third-order valence-electron chi connectivity index (χ3n) is 2.93. The Labute approximate surface area is 140 Å². The number of aryl methyl sites for hydroxylation is 1. The Morgan fingerprint density at radius 3 is 2.83 bits per heavy atom. The number of hydrogen-bond donors (Lipinski definition) is 2. The molecule has 0 atom stereocenters. The zero-order valence-corrected chi connectivity index (χ0v) is 13.1. The van der Waals surface area contributed by atoms with Crippen molar-refractivity contribution in [2.45, 2.75) is 6.92 Å². The highest BCUT2D eigenvalue weighted by Crippen LogP contribution is 2.21. The molecule has 0 aliphatic heterocycles. The van der Waals surface area contributed by atoms with E-state index < -0.39 is 11.7 Å². The topological polar surface area (TPSA) is 92.9 Å². The summed E-state index contributed by atoms with van der Waals surface area (Å²) < 4.78 is 18.0. The molecule has 3 rings (SSSR count). The van der Waals surface area contributed by atoms with Crippen LogP contribution in [0.3, 0.4) is 0 Å². The van der Waals surface area contributed by atoms with Crippen LogP contribution in [0.4, 0.5) is 21.8 Å². The molecular weight excluding hydrogens is 337 g/mol. The summed E-state index contributed by atoms with van der Waals surface area (Å²) in [4.78, 5) is 20.2. The number of aromatic nitrogens is 3. The fraction of sp³-hybridized carbons (Fsp3) is 0.0667. The van der Waals surface area contributed by atoms with E-state index in [-0.39, 0.29) is 22.5 Å². The smallest absolute Gasteiger partial charge is 0.275 e. The van der Waals surface area contributed by atoms with Crippen LogP contribution in [0.25, 0.3) is 0 Å². The van der Waals surface area contributed by atoms with Crippen molar-refractivity contribution in [1.29, 1.82) is 0 Å². The summed E-state index contributed by atoms with van der Waals surface area (Å²) >= 11 is 5.72. The summed E-state index contributed by atoms with van der Waals surface area (Å²) in [6.07, 6.45) is 1.42. The fourth-order valence-corrected chi connectivity index (χ4v) is 2.03. The van der Waals surface area contributed by atoms with E-state index in [1.165, 1.54) is 30.5 Å². The van der Waals surface area contributed by atoms with Gasteiger partial charge in [0.25, 0.3) is 5.91 Å². The van der Waals surface area contributed by atoms with Crippen LogP contribution in [-0.4, -0.2) is 21.0 Å². The van der Waals surface area contributed by atoms with Crippen LogP contribution in [0, 0.1) is 12.7 Å². The van der Waals surface area contributed by atoms with Crippen molar-refractivity contribution < 1.29 is 13.7 Å². The Kier molecular flexibility index (Phi) is 4.39. The van der Waals surface area contributed by atoms with Crippen molar-refractivity contribution in [2.24, 2.45) is 0 Å². The molecule has 0 spiro atoms. The Morgan fingerprint density at radius 2 is 2.12 bits per heavy atom. The molecule has 24 heavy (non-hydrogen) atoms. The molecular formula is C15H11ClFN5O2. The van der Waals surface area contributed by atoms with Crippen LogP contribution in [0.5, 0.6) is 0 Å². The van der Waals surface area contributed by atoms with Gasteiger partial charge >= 0.3 is 0 Å². The normalized spacial score (nSPS) is 10.5. The molecule has 2 heterocycles. The van der Waals surface area contributed by atoms with Gasteiger partial charge in [-0.05, 0) is 31.2 Å². The molecule has 1 amide bonds. The summed E-state index contributed by atoms with van der Waals surface area (Å²) in [5.74, 6) is 0.0335. The molecule has 0 saturated carbocycles. The van der Waals surface area contributed by atoms with Crippen molar-refractivity contribution in [3.63, 3.8) is 0 Å². The molecule has 0 aliphatic rings. The summed E-state index contributed by atoms with van der Waals surface area (Å²) in [7, 11) is 0. The van der Waals surface area contributed by atoms with Gasteiger partial charge in [-0.15, -0.1) is 0 Å². The highest BCUT2D eigenvalue weighted by atomic mass is 35.5. The molecule has 0 aliphatic carbocycles. The van der Waals surface area contributed by atoms with Crippen LogP contribution >= 0.6 is 11.6 Å². The average molecular weight is 348 g/mol. The molecule has 0 unspecified atom stereocenters. The molecule has 3 aromatic rings. The Balaban J connectivity index is 1.75. The molecule has 122 valence electrons. The van der Waals surface area contributed by atoms with E-state index in [0.717, 1.165) is 0 Å². The fourth-order valence-electron chi connectivity index (χ4n) is 1.85. The minimum atomic E-state index is -0.529. The van der Waals surface area contributed by atoms with Gasteiger partial charge < -0.3 is 15.2 Å². The minimum Gasteiger partial charge on any atom is -0.360 e. The van der Waals surface area contributed by atoms with Crippen molar-refractivity contribution >= 4 is 35.0 Å². The summed E-state index contributed by atoms with van der Waals surface area (Å²) in [6.45, 7) is 1.71. The van der Waals surface area contributed by atoms with Crippen molar-refractivity contribution in [3.05, 3.63) is 58.8 Å². The second-order valence-corrected chi connectivity index (χ2v) is 5.20. The molecule has 2 N–H and O–H groups in total. The number of nitrogens with zero attached hydrogens (tertiary/aromatic N) is 3. The van der Waals surface area contributed by atoms with E-state index in [0.29, 0.717) is 11.4 Å². The Hall–Kier alpha value is -3.00. The van der Waals surface area contributed by atoms with E-state index in [1.54, 1.807) is 13.0 Å². The van der Waals surface area contributed by atoms with Crippen LogP contribution < -0.4 is 10.6 Å². The lowest BCUT2D eigenvalue weighted by Gasteiger charge is -2.07. The van der Waals surface area contributed by atoms with Gasteiger partial charge in [-0.1, -0.05) is 16.8 Å². The van der Waals surface area contributed by atoms with E-state index in [1.807, 2.05) is 0 Å².